The molecule has 0 radical (unpaired) electrons. The maximum atomic E-state index is 11.9. The number of carbonyl (C=O) groups is 1. The molecule has 0 atom stereocenters. The SMILES string of the molecule is [CH2-][C+]1CCN(C(=O)c2ccccc2)C1. The quantitative estimate of drug-likeness (QED) is 0.615. The summed E-state index contributed by atoms with van der Waals surface area (Å²) >= 11 is 0. The third-order valence-electron chi connectivity index (χ3n) is 2.46. The topological polar surface area (TPSA) is 20.3 Å². The Labute approximate surface area is 84.5 Å². The minimum absolute atomic E-state index is 0.115. The van der Waals surface area contributed by atoms with Gasteiger partial charge in [-0.3, -0.25) is 9.69 Å². The van der Waals surface area contributed by atoms with Crippen LogP contribution < -0.4 is 0 Å². The number of hydrogen-bond donors (Lipinski definition) is 0. The number of rotatable bonds is 1. The minimum atomic E-state index is 0.115. The summed E-state index contributed by atoms with van der Waals surface area (Å²) in [6, 6.07) is 9.39. The lowest BCUT2D eigenvalue weighted by molar-refractivity contribution is 0.0795. The van der Waals surface area contributed by atoms with Gasteiger partial charge in [0.15, 0.2) is 0 Å². The van der Waals surface area contributed by atoms with Crippen LogP contribution in [0.3, 0.4) is 0 Å². The lowest BCUT2D eigenvalue weighted by Crippen LogP contribution is -2.28. The van der Waals surface area contributed by atoms with Crippen LogP contribution in [-0.2, 0) is 0 Å². The number of likely N-dealkylation sites (tertiary alicyclic amines) is 1. The van der Waals surface area contributed by atoms with Crippen molar-refractivity contribution in [3.05, 3.63) is 48.7 Å². The number of hydrogen-bond acceptors (Lipinski definition) is 1. The van der Waals surface area contributed by atoms with Gasteiger partial charge in [-0.1, -0.05) is 18.2 Å². The molecule has 0 saturated carbocycles. The fourth-order valence-electron chi connectivity index (χ4n) is 1.66. The highest BCUT2D eigenvalue weighted by Crippen LogP contribution is 2.18. The first-order chi connectivity index (χ1) is 6.77. The van der Waals surface area contributed by atoms with Crippen molar-refractivity contribution in [2.75, 3.05) is 13.1 Å². The Morgan fingerprint density at radius 1 is 1.36 bits per heavy atom. The third-order valence-corrected chi connectivity index (χ3v) is 2.46. The number of nitrogens with zero attached hydrogens (tertiary/aromatic N) is 1. The van der Waals surface area contributed by atoms with Crippen LogP contribution in [0.15, 0.2) is 30.3 Å². The molecule has 1 aliphatic heterocycles. The van der Waals surface area contributed by atoms with Gasteiger partial charge in [0.25, 0.3) is 5.91 Å². The van der Waals surface area contributed by atoms with Gasteiger partial charge in [0.2, 0.25) is 0 Å². The van der Waals surface area contributed by atoms with Crippen molar-refractivity contribution in [1.29, 1.82) is 0 Å². The van der Waals surface area contributed by atoms with Crippen molar-refractivity contribution in [3.63, 3.8) is 0 Å². The van der Waals surface area contributed by atoms with Crippen molar-refractivity contribution in [2.24, 2.45) is 0 Å². The first-order valence-corrected chi connectivity index (χ1v) is 4.78. The van der Waals surface area contributed by atoms with Crippen molar-refractivity contribution in [3.8, 4) is 0 Å². The first kappa shape index (κ1) is 9.13. The second kappa shape index (κ2) is 3.74. The van der Waals surface area contributed by atoms with Crippen LogP contribution >= 0.6 is 0 Å². The fraction of sp³-hybridized carbons (Fsp3) is 0.250. The predicted octanol–water partition coefficient (Wildman–Crippen LogP) is 1.94. The molecule has 2 nitrogen and oxygen atoms in total. The summed E-state index contributed by atoms with van der Waals surface area (Å²) in [6.45, 7) is 5.41. The Hall–Kier alpha value is -1.44. The van der Waals surface area contributed by atoms with E-state index in [-0.39, 0.29) is 5.91 Å². The minimum Gasteiger partial charge on any atom is -0.298 e. The van der Waals surface area contributed by atoms with Crippen molar-refractivity contribution in [2.45, 2.75) is 6.42 Å². The summed E-state index contributed by atoms with van der Waals surface area (Å²) in [6.07, 6.45) is 0.943. The molecule has 1 fully saturated rings. The molecule has 0 bridgehead atoms. The largest absolute Gasteiger partial charge is 0.298 e. The second-order valence-electron chi connectivity index (χ2n) is 3.59. The van der Waals surface area contributed by atoms with E-state index < -0.39 is 0 Å². The Morgan fingerprint density at radius 3 is 2.64 bits per heavy atom. The van der Waals surface area contributed by atoms with Crippen LogP contribution in [0.4, 0.5) is 0 Å². The molecular weight excluding hydrogens is 174 g/mol. The van der Waals surface area contributed by atoms with Crippen molar-refractivity contribution < 1.29 is 4.79 Å². The van der Waals surface area contributed by atoms with Gasteiger partial charge in [-0.15, -0.1) is 6.92 Å². The monoisotopic (exact) mass is 187 g/mol. The van der Waals surface area contributed by atoms with Gasteiger partial charge < -0.3 is 0 Å². The summed E-state index contributed by atoms with van der Waals surface area (Å²) in [4.78, 5) is 13.7. The Morgan fingerprint density at radius 2 is 2.07 bits per heavy atom. The van der Waals surface area contributed by atoms with Crippen LogP contribution in [0.25, 0.3) is 0 Å². The van der Waals surface area contributed by atoms with Crippen molar-refractivity contribution in [1.82, 2.24) is 4.90 Å². The summed E-state index contributed by atoms with van der Waals surface area (Å²) in [5, 5.41) is 0. The summed E-state index contributed by atoms with van der Waals surface area (Å²) in [7, 11) is 0. The molecule has 1 saturated heterocycles. The van der Waals surface area contributed by atoms with E-state index in [4.69, 9.17) is 0 Å². The predicted molar refractivity (Wildman–Crippen MR) is 55.6 cm³/mol. The van der Waals surface area contributed by atoms with Gasteiger partial charge in [-0.2, -0.15) is 0 Å². The smallest absolute Gasteiger partial charge is 0.257 e. The molecule has 1 heterocycles. The van der Waals surface area contributed by atoms with Gasteiger partial charge in [0, 0.05) is 5.56 Å². The standard InChI is InChI=1S/C12H13NO/c1-10-7-8-13(9-10)12(14)11-5-3-2-4-6-11/h2-6H,1,7-9H2. The van der Waals surface area contributed by atoms with E-state index >= 15 is 0 Å². The second-order valence-corrected chi connectivity index (χ2v) is 3.59. The van der Waals surface area contributed by atoms with Gasteiger partial charge in [-0.05, 0) is 18.1 Å². The molecule has 2 heteroatoms. The van der Waals surface area contributed by atoms with E-state index in [1.165, 1.54) is 0 Å². The van der Waals surface area contributed by atoms with E-state index in [1.54, 1.807) is 0 Å². The van der Waals surface area contributed by atoms with Gasteiger partial charge >= 0.3 is 0 Å². The van der Waals surface area contributed by atoms with E-state index in [2.05, 4.69) is 6.92 Å². The molecule has 0 spiro atoms. The first-order valence-electron chi connectivity index (χ1n) is 4.78. The molecule has 2 rings (SSSR count). The molecule has 1 aromatic rings. The zero-order chi connectivity index (χ0) is 9.97. The number of benzene rings is 1. The third kappa shape index (κ3) is 1.74. The maximum Gasteiger partial charge on any atom is 0.257 e. The Kier molecular flexibility index (Phi) is 2.44. The molecule has 72 valence electrons. The zero-order valence-electron chi connectivity index (χ0n) is 8.07. The van der Waals surface area contributed by atoms with E-state index in [9.17, 15) is 4.79 Å². The summed E-state index contributed by atoms with van der Waals surface area (Å²) in [5.41, 5.74) is 0.766. The fourth-order valence-corrected chi connectivity index (χ4v) is 1.66. The van der Waals surface area contributed by atoms with E-state index in [0.29, 0.717) is 6.54 Å². The molecule has 0 unspecified atom stereocenters. The molecule has 0 N–H and O–H groups in total. The van der Waals surface area contributed by atoms with E-state index in [0.717, 1.165) is 24.4 Å². The average molecular weight is 187 g/mol. The molecule has 1 aromatic carbocycles. The molecule has 0 aromatic heterocycles. The van der Waals surface area contributed by atoms with Crippen LogP contribution in [0, 0.1) is 12.8 Å². The van der Waals surface area contributed by atoms with Gasteiger partial charge in [-0.25, -0.2) is 0 Å². The van der Waals surface area contributed by atoms with Gasteiger partial charge in [0.1, 0.15) is 6.54 Å². The Bertz CT molecular complexity index is 320. The summed E-state index contributed by atoms with van der Waals surface area (Å²) < 4.78 is 0. The average Bonchev–Trinajstić information content (AvgIpc) is 2.65. The van der Waals surface area contributed by atoms with Crippen LogP contribution in [0.1, 0.15) is 16.8 Å². The van der Waals surface area contributed by atoms with Crippen LogP contribution in [0.2, 0.25) is 0 Å². The highest BCUT2D eigenvalue weighted by Gasteiger charge is 2.27. The molecule has 1 amide bonds. The number of amides is 1. The van der Waals surface area contributed by atoms with Gasteiger partial charge in [0.05, 0.1) is 13.0 Å². The molecule has 0 aliphatic carbocycles. The molecule has 14 heavy (non-hydrogen) atoms. The zero-order valence-corrected chi connectivity index (χ0v) is 8.07. The maximum absolute atomic E-state index is 11.9. The Balaban J connectivity index is 2.10. The van der Waals surface area contributed by atoms with Crippen LogP contribution in [-0.4, -0.2) is 23.9 Å². The normalized spacial score (nSPS) is 16.1. The lowest BCUT2D eigenvalue weighted by Gasteiger charge is -2.12. The lowest BCUT2D eigenvalue weighted by atomic mass is 10.2. The molecule has 1 aliphatic rings. The molecular formula is C12H13NO. The summed E-state index contributed by atoms with van der Waals surface area (Å²) in [5.74, 6) is 1.26. The van der Waals surface area contributed by atoms with Crippen LogP contribution in [0.5, 0.6) is 0 Å². The van der Waals surface area contributed by atoms with Crippen molar-refractivity contribution >= 4 is 5.91 Å². The highest BCUT2D eigenvalue weighted by atomic mass is 16.2. The number of carbonyl (C=O) groups excluding carboxylic acids is 1. The van der Waals surface area contributed by atoms with E-state index in [1.807, 2.05) is 35.2 Å². The highest BCUT2D eigenvalue weighted by molar-refractivity contribution is 5.94.